The Kier molecular flexibility index (Phi) is 3.92. The van der Waals surface area contributed by atoms with Gasteiger partial charge in [0.05, 0.1) is 12.1 Å². The van der Waals surface area contributed by atoms with Gasteiger partial charge in [-0.15, -0.1) is 0 Å². The fraction of sp³-hybridized carbons (Fsp3) is 0.611. The van der Waals surface area contributed by atoms with Gasteiger partial charge in [-0.3, -0.25) is 4.99 Å². The van der Waals surface area contributed by atoms with E-state index in [9.17, 15) is 0 Å². The molecule has 2 N–H and O–H groups in total. The first kappa shape index (κ1) is 14.4. The topological polar surface area (TPSA) is 41.6 Å². The maximum Gasteiger partial charge on any atom is 0.192 e. The van der Waals surface area contributed by atoms with Crippen molar-refractivity contribution in [1.82, 2.24) is 4.90 Å². The molecule has 1 aliphatic heterocycles. The number of rotatable bonds is 3. The summed E-state index contributed by atoms with van der Waals surface area (Å²) in [5.41, 5.74) is 7.88. The van der Waals surface area contributed by atoms with Crippen molar-refractivity contribution in [1.29, 1.82) is 0 Å². The molecule has 0 amide bonds. The minimum atomic E-state index is 0.199. The Bertz CT molecular complexity index is 500. The second kappa shape index (κ2) is 5.70. The van der Waals surface area contributed by atoms with Gasteiger partial charge in [0.25, 0.3) is 0 Å². The standard InChI is InChI=1S/C18H27N3/c1-3-14(2)21-17(19)20-13-18(21)11-9-16(10-12-18)15-7-5-4-6-8-15/h4-8,14,16H,3,9-13H2,1-2H3,(H2,19,20). The molecule has 1 aromatic carbocycles. The third-order valence-electron chi connectivity index (χ3n) is 5.51. The van der Waals surface area contributed by atoms with Crippen LogP contribution in [0.5, 0.6) is 0 Å². The van der Waals surface area contributed by atoms with Gasteiger partial charge in [-0.05, 0) is 50.5 Å². The largest absolute Gasteiger partial charge is 0.370 e. The first-order valence-corrected chi connectivity index (χ1v) is 8.30. The van der Waals surface area contributed by atoms with Crippen molar-refractivity contribution in [3.63, 3.8) is 0 Å². The Hall–Kier alpha value is -1.51. The molecule has 1 aliphatic carbocycles. The van der Waals surface area contributed by atoms with Crippen LogP contribution in [0.2, 0.25) is 0 Å². The van der Waals surface area contributed by atoms with Crippen LogP contribution in [0.25, 0.3) is 0 Å². The molecule has 1 unspecified atom stereocenters. The van der Waals surface area contributed by atoms with Crippen LogP contribution >= 0.6 is 0 Å². The lowest BCUT2D eigenvalue weighted by molar-refractivity contribution is 0.100. The molecule has 0 bridgehead atoms. The number of hydrogen-bond donors (Lipinski definition) is 1. The molecule has 0 saturated heterocycles. The van der Waals surface area contributed by atoms with Crippen molar-refractivity contribution in [3.05, 3.63) is 35.9 Å². The predicted molar refractivity (Wildman–Crippen MR) is 88.5 cm³/mol. The zero-order chi connectivity index (χ0) is 14.9. The summed E-state index contributed by atoms with van der Waals surface area (Å²) in [6, 6.07) is 11.4. The van der Waals surface area contributed by atoms with Crippen molar-refractivity contribution in [2.45, 2.75) is 63.5 Å². The summed E-state index contributed by atoms with van der Waals surface area (Å²) in [5.74, 6) is 1.47. The van der Waals surface area contributed by atoms with Gasteiger partial charge in [0, 0.05) is 6.04 Å². The number of hydrogen-bond acceptors (Lipinski definition) is 3. The van der Waals surface area contributed by atoms with Crippen LogP contribution in [0.4, 0.5) is 0 Å². The van der Waals surface area contributed by atoms with E-state index >= 15 is 0 Å². The number of aliphatic imine (C=N–C) groups is 1. The van der Waals surface area contributed by atoms with E-state index in [1.54, 1.807) is 0 Å². The quantitative estimate of drug-likeness (QED) is 0.923. The highest BCUT2D eigenvalue weighted by Gasteiger charge is 2.46. The maximum absolute atomic E-state index is 6.18. The Labute approximate surface area is 128 Å². The maximum atomic E-state index is 6.18. The second-order valence-corrected chi connectivity index (χ2v) is 6.71. The fourth-order valence-corrected chi connectivity index (χ4v) is 4.11. The van der Waals surface area contributed by atoms with E-state index in [2.05, 4.69) is 54.1 Å². The lowest BCUT2D eigenvalue weighted by atomic mass is 9.73. The molecule has 21 heavy (non-hydrogen) atoms. The van der Waals surface area contributed by atoms with Gasteiger partial charge in [-0.25, -0.2) is 0 Å². The van der Waals surface area contributed by atoms with Crippen molar-refractivity contribution < 1.29 is 0 Å². The summed E-state index contributed by atoms with van der Waals surface area (Å²) in [7, 11) is 0. The SMILES string of the molecule is CCC(C)N1C(N)=NCC12CCC(c1ccccc1)CC2. The number of guanidine groups is 1. The van der Waals surface area contributed by atoms with Crippen molar-refractivity contribution in [2.24, 2.45) is 10.7 Å². The van der Waals surface area contributed by atoms with Gasteiger partial charge in [0.15, 0.2) is 5.96 Å². The van der Waals surface area contributed by atoms with E-state index in [0.29, 0.717) is 12.0 Å². The van der Waals surface area contributed by atoms with Crippen LogP contribution in [0.15, 0.2) is 35.3 Å². The zero-order valence-electron chi connectivity index (χ0n) is 13.3. The highest BCUT2D eigenvalue weighted by atomic mass is 15.4. The molecule has 2 aliphatic rings. The third kappa shape index (κ3) is 2.54. The van der Waals surface area contributed by atoms with Crippen molar-refractivity contribution >= 4 is 5.96 Å². The van der Waals surface area contributed by atoms with Crippen LogP contribution in [-0.4, -0.2) is 29.0 Å². The van der Waals surface area contributed by atoms with Gasteiger partial charge < -0.3 is 10.6 Å². The van der Waals surface area contributed by atoms with Crippen LogP contribution in [0.1, 0.15) is 57.4 Å². The molecular formula is C18H27N3. The van der Waals surface area contributed by atoms with E-state index in [4.69, 9.17) is 5.73 Å². The molecule has 1 spiro atoms. The molecule has 1 aromatic rings. The molecule has 114 valence electrons. The van der Waals surface area contributed by atoms with E-state index in [0.717, 1.165) is 18.9 Å². The van der Waals surface area contributed by atoms with Gasteiger partial charge in [0.2, 0.25) is 0 Å². The van der Waals surface area contributed by atoms with Gasteiger partial charge in [-0.2, -0.15) is 0 Å². The Morgan fingerprint density at radius 2 is 1.95 bits per heavy atom. The Morgan fingerprint density at radius 1 is 1.29 bits per heavy atom. The minimum Gasteiger partial charge on any atom is -0.370 e. The highest BCUT2D eigenvalue weighted by molar-refractivity contribution is 5.81. The average molecular weight is 285 g/mol. The first-order valence-electron chi connectivity index (χ1n) is 8.30. The summed E-state index contributed by atoms with van der Waals surface area (Å²) in [4.78, 5) is 7.01. The van der Waals surface area contributed by atoms with E-state index in [-0.39, 0.29) is 5.54 Å². The summed E-state index contributed by atoms with van der Waals surface area (Å²) in [6.07, 6.45) is 6.04. The summed E-state index contributed by atoms with van der Waals surface area (Å²) >= 11 is 0. The molecule has 3 nitrogen and oxygen atoms in total. The van der Waals surface area contributed by atoms with E-state index in [1.807, 2.05) is 0 Å². The van der Waals surface area contributed by atoms with Crippen LogP contribution in [0, 0.1) is 0 Å². The molecule has 1 heterocycles. The molecular weight excluding hydrogens is 258 g/mol. The molecule has 3 heteroatoms. The molecule has 1 saturated carbocycles. The van der Waals surface area contributed by atoms with Gasteiger partial charge in [0.1, 0.15) is 0 Å². The fourth-order valence-electron chi connectivity index (χ4n) is 4.11. The smallest absolute Gasteiger partial charge is 0.192 e. The molecule has 3 rings (SSSR count). The monoisotopic (exact) mass is 285 g/mol. The van der Waals surface area contributed by atoms with Gasteiger partial charge >= 0.3 is 0 Å². The molecule has 1 fully saturated rings. The normalized spacial score (nSPS) is 30.5. The van der Waals surface area contributed by atoms with E-state index < -0.39 is 0 Å². The van der Waals surface area contributed by atoms with Crippen LogP contribution in [0.3, 0.4) is 0 Å². The average Bonchev–Trinajstić information content (AvgIpc) is 2.85. The third-order valence-corrected chi connectivity index (χ3v) is 5.51. The lowest BCUT2D eigenvalue weighted by Crippen LogP contribution is -2.56. The second-order valence-electron chi connectivity index (χ2n) is 6.71. The number of nitrogens with two attached hydrogens (primary N) is 1. The van der Waals surface area contributed by atoms with Gasteiger partial charge in [-0.1, -0.05) is 37.3 Å². The summed E-state index contributed by atoms with van der Waals surface area (Å²) in [5, 5.41) is 0. The van der Waals surface area contributed by atoms with E-state index in [1.165, 1.54) is 31.2 Å². The Balaban J connectivity index is 1.72. The molecule has 0 radical (unpaired) electrons. The summed E-state index contributed by atoms with van der Waals surface area (Å²) < 4.78 is 0. The van der Waals surface area contributed by atoms with Crippen molar-refractivity contribution in [2.75, 3.05) is 6.54 Å². The summed E-state index contributed by atoms with van der Waals surface area (Å²) in [6.45, 7) is 5.41. The predicted octanol–water partition coefficient (Wildman–Crippen LogP) is 3.51. The van der Waals surface area contributed by atoms with Crippen LogP contribution < -0.4 is 5.73 Å². The Morgan fingerprint density at radius 3 is 2.57 bits per heavy atom. The van der Waals surface area contributed by atoms with Crippen molar-refractivity contribution in [3.8, 4) is 0 Å². The highest BCUT2D eigenvalue weighted by Crippen LogP contribution is 2.43. The first-order chi connectivity index (χ1) is 10.2. The lowest BCUT2D eigenvalue weighted by Gasteiger charge is -2.47. The minimum absolute atomic E-state index is 0.199. The molecule has 0 aromatic heterocycles. The number of benzene rings is 1. The molecule has 1 atom stereocenters. The number of nitrogens with zero attached hydrogens (tertiary/aromatic N) is 2. The van der Waals surface area contributed by atoms with Crippen LogP contribution in [-0.2, 0) is 0 Å². The zero-order valence-corrected chi connectivity index (χ0v) is 13.3.